The first-order valence-electron chi connectivity index (χ1n) is 8.69. The first kappa shape index (κ1) is 18.8. The minimum Gasteiger partial charge on any atom is -0.491 e. The SMILES string of the molecule is Cc1cccc(C)c1OCC(=O)NCC(O)COc1ccc2c(c1)OCO2. The molecule has 1 atom stereocenters. The molecule has 7 nitrogen and oxygen atoms in total. The number of rotatable bonds is 8. The van der Waals surface area contributed by atoms with Crippen LogP contribution in [0.1, 0.15) is 11.1 Å². The van der Waals surface area contributed by atoms with Gasteiger partial charge in [0.1, 0.15) is 24.2 Å². The number of aryl methyl sites for hydroxylation is 2. The lowest BCUT2D eigenvalue weighted by Gasteiger charge is -2.15. The van der Waals surface area contributed by atoms with Gasteiger partial charge in [-0.25, -0.2) is 0 Å². The van der Waals surface area contributed by atoms with Gasteiger partial charge < -0.3 is 29.4 Å². The molecule has 0 fully saturated rings. The minimum absolute atomic E-state index is 0.0394. The van der Waals surface area contributed by atoms with Crippen molar-refractivity contribution in [1.82, 2.24) is 5.32 Å². The van der Waals surface area contributed by atoms with Crippen LogP contribution in [0, 0.1) is 13.8 Å². The van der Waals surface area contributed by atoms with Crippen molar-refractivity contribution in [3.05, 3.63) is 47.5 Å². The molecule has 3 rings (SSSR count). The Hall–Kier alpha value is -2.93. The topological polar surface area (TPSA) is 86.3 Å². The smallest absolute Gasteiger partial charge is 0.258 e. The number of hydrogen-bond donors (Lipinski definition) is 2. The van der Waals surface area contributed by atoms with Gasteiger partial charge >= 0.3 is 0 Å². The van der Waals surface area contributed by atoms with Crippen LogP contribution in [0.15, 0.2) is 36.4 Å². The van der Waals surface area contributed by atoms with E-state index in [9.17, 15) is 9.90 Å². The summed E-state index contributed by atoms with van der Waals surface area (Å²) in [5, 5.41) is 12.6. The monoisotopic (exact) mass is 373 g/mol. The van der Waals surface area contributed by atoms with Crippen LogP contribution in [0.3, 0.4) is 0 Å². The molecule has 2 N–H and O–H groups in total. The molecule has 0 saturated heterocycles. The highest BCUT2D eigenvalue weighted by molar-refractivity contribution is 5.77. The van der Waals surface area contributed by atoms with Crippen molar-refractivity contribution in [1.29, 1.82) is 0 Å². The van der Waals surface area contributed by atoms with Crippen molar-refractivity contribution < 1.29 is 28.8 Å². The number of benzene rings is 2. The van der Waals surface area contributed by atoms with E-state index in [0.29, 0.717) is 23.0 Å². The Morgan fingerprint density at radius 2 is 1.89 bits per heavy atom. The number of carbonyl (C=O) groups excluding carboxylic acids is 1. The molecule has 0 aromatic heterocycles. The van der Waals surface area contributed by atoms with Gasteiger partial charge in [0.05, 0.1) is 0 Å². The van der Waals surface area contributed by atoms with Crippen molar-refractivity contribution in [2.24, 2.45) is 0 Å². The van der Waals surface area contributed by atoms with E-state index < -0.39 is 6.10 Å². The van der Waals surface area contributed by atoms with Gasteiger partial charge in [-0.3, -0.25) is 4.79 Å². The van der Waals surface area contributed by atoms with E-state index in [-0.39, 0.29) is 32.5 Å². The van der Waals surface area contributed by atoms with Gasteiger partial charge in [-0.05, 0) is 37.1 Å². The van der Waals surface area contributed by atoms with Crippen molar-refractivity contribution in [3.8, 4) is 23.0 Å². The van der Waals surface area contributed by atoms with Gasteiger partial charge in [-0.15, -0.1) is 0 Å². The lowest BCUT2D eigenvalue weighted by molar-refractivity contribution is -0.123. The summed E-state index contributed by atoms with van der Waals surface area (Å²) in [6.07, 6.45) is -0.848. The molecule has 1 heterocycles. The van der Waals surface area contributed by atoms with E-state index in [1.54, 1.807) is 18.2 Å². The predicted molar refractivity (Wildman–Crippen MR) is 98.5 cm³/mol. The largest absolute Gasteiger partial charge is 0.491 e. The number of fused-ring (bicyclic) bond motifs is 1. The molecule has 2 aromatic rings. The van der Waals surface area contributed by atoms with Gasteiger partial charge in [0.2, 0.25) is 6.79 Å². The lowest BCUT2D eigenvalue weighted by Crippen LogP contribution is -2.37. The molecule has 1 amide bonds. The fraction of sp³-hybridized carbons (Fsp3) is 0.350. The van der Waals surface area contributed by atoms with Crippen LogP contribution in [-0.4, -0.2) is 43.7 Å². The molecule has 0 saturated carbocycles. The number of amides is 1. The first-order valence-corrected chi connectivity index (χ1v) is 8.69. The fourth-order valence-corrected chi connectivity index (χ4v) is 2.67. The number of carbonyl (C=O) groups is 1. The molecule has 0 radical (unpaired) electrons. The molecule has 0 aliphatic carbocycles. The van der Waals surface area contributed by atoms with Crippen LogP contribution in [0.2, 0.25) is 0 Å². The van der Waals surface area contributed by atoms with Crippen LogP contribution < -0.4 is 24.3 Å². The Morgan fingerprint density at radius 1 is 1.15 bits per heavy atom. The summed E-state index contributed by atoms with van der Waals surface area (Å²) < 4.78 is 21.6. The van der Waals surface area contributed by atoms with Gasteiger partial charge in [0.25, 0.3) is 5.91 Å². The van der Waals surface area contributed by atoms with E-state index in [0.717, 1.165) is 11.1 Å². The van der Waals surface area contributed by atoms with Crippen molar-refractivity contribution >= 4 is 5.91 Å². The lowest BCUT2D eigenvalue weighted by atomic mass is 10.1. The van der Waals surface area contributed by atoms with Crippen molar-refractivity contribution in [2.75, 3.05) is 26.6 Å². The van der Waals surface area contributed by atoms with Gasteiger partial charge in [0.15, 0.2) is 18.1 Å². The summed E-state index contributed by atoms with van der Waals surface area (Å²) in [6.45, 7) is 4.05. The highest BCUT2D eigenvalue weighted by Crippen LogP contribution is 2.35. The maximum absolute atomic E-state index is 11.9. The number of ether oxygens (including phenoxy) is 4. The summed E-state index contributed by atoms with van der Waals surface area (Å²) >= 11 is 0. The zero-order valence-electron chi connectivity index (χ0n) is 15.4. The van der Waals surface area contributed by atoms with Crippen LogP contribution in [0.25, 0.3) is 0 Å². The average Bonchev–Trinajstić information content (AvgIpc) is 3.12. The zero-order valence-corrected chi connectivity index (χ0v) is 15.4. The number of aliphatic hydroxyl groups excluding tert-OH is 1. The van der Waals surface area contributed by atoms with Gasteiger partial charge in [-0.2, -0.15) is 0 Å². The average molecular weight is 373 g/mol. The standard InChI is InChI=1S/C20H23NO6/c1-13-4-3-5-14(2)20(13)25-11-19(23)21-9-15(22)10-24-16-6-7-17-18(8-16)27-12-26-17/h3-8,15,22H,9-12H2,1-2H3,(H,21,23). The Kier molecular flexibility index (Phi) is 6.03. The van der Waals surface area contributed by atoms with E-state index in [1.165, 1.54) is 0 Å². The van der Waals surface area contributed by atoms with Crippen LogP contribution in [-0.2, 0) is 4.79 Å². The molecule has 0 spiro atoms. The molecule has 1 aliphatic heterocycles. The number of hydrogen-bond acceptors (Lipinski definition) is 6. The highest BCUT2D eigenvalue weighted by atomic mass is 16.7. The second kappa shape index (κ2) is 8.64. The highest BCUT2D eigenvalue weighted by Gasteiger charge is 2.15. The number of aliphatic hydroxyl groups is 1. The second-order valence-electron chi connectivity index (χ2n) is 6.29. The molecule has 2 aromatic carbocycles. The van der Waals surface area contributed by atoms with E-state index in [2.05, 4.69) is 5.32 Å². The van der Waals surface area contributed by atoms with Crippen molar-refractivity contribution in [2.45, 2.75) is 20.0 Å². The van der Waals surface area contributed by atoms with Gasteiger partial charge in [-0.1, -0.05) is 18.2 Å². The Labute approximate surface area is 157 Å². The van der Waals surface area contributed by atoms with Crippen LogP contribution in [0.5, 0.6) is 23.0 Å². The first-order chi connectivity index (χ1) is 13.0. The molecule has 7 heteroatoms. The summed E-state index contributed by atoms with van der Waals surface area (Å²) in [5.74, 6) is 2.24. The van der Waals surface area contributed by atoms with Gasteiger partial charge in [0, 0.05) is 12.6 Å². The molecule has 0 bridgehead atoms. The molecule has 27 heavy (non-hydrogen) atoms. The van der Waals surface area contributed by atoms with E-state index in [1.807, 2.05) is 32.0 Å². The quantitative estimate of drug-likeness (QED) is 0.736. The summed E-state index contributed by atoms with van der Waals surface area (Å²) in [6, 6.07) is 11.0. The summed E-state index contributed by atoms with van der Waals surface area (Å²) in [4.78, 5) is 11.9. The molecule has 144 valence electrons. The Balaban J connectivity index is 1.38. The third-order valence-corrected chi connectivity index (χ3v) is 4.08. The summed E-state index contributed by atoms with van der Waals surface area (Å²) in [7, 11) is 0. The predicted octanol–water partition coefficient (Wildman–Crippen LogP) is 1.97. The van der Waals surface area contributed by atoms with Crippen LogP contribution in [0.4, 0.5) is 0 Å². The van der Waals surface area contributed by atoms with Crippen molar-refractivity contribution in [3.63, 3.8) is 0 Å². The third-order valence-electron chi connectivity index (χ3n) is 4.08. The van der Waals surface area contributed by atoms with E-state index in [4.69, 9.17) is 18.9 Å². The normalized spacial score (nSPS) is 13.1. The number of nitrogens with one attached hydrogen (secondary N) is 1. The van der Waals surface area contributed by atoms with E-state index >= 15 is 0 Å². The minimum atomic E-state index is -0.848. The van der Waals surface area contributed by atoms with Crippen LogP contribution >= 0.6 is 0 Å². The zero-order chi connectivity index (χ0) is 19.2. The molecular formula is C20H23NO6. The third kappa shape index (κ3) is 5.04. The molecular weight excluding hydrogens is 350 g/mol. The fourth-order valence-electron chi connectivity index (χ4n) is 2.67. The Morgan fingerprint density at radius 3 is 2.67 bits per heavy atom. The summed E-state index contributed by atoms with van der Waals surface area (Å²) in [5.41, 5.74) is 1.94. The maximum atomic E-state index is 11.9. The Bertz CT molecular complexity index is 787. The second-order valence-corrected chi connectivity index (χ2v) is 6.29. The molecule has 1 unspecified atom stereocenters. The maximum Gasteiger partial charge on any atom is 0.258 e. The number of para-hydroxylation sites is 1. The molecule has 1 aliphatic rings.